The molecule has 0 aliphatic heterocycles. The Kier molecular flexibility index (Phi) is 12.3. The monoisotopic (exact) mass is 563 g/mol. The molecule has 1 aromatic heterocycles. The Labute approximate surface area is 230 Å². The van der Waals surface area contributed by atoms with Crippen molar-refractivity contribution in [2.24, 2.45) is 11.7 Å². The van der Waals surface area contributed by atoms with E-state index in [2.05, 4.69) is 20.9 Å². The number of H-pyrrole nitrogens is 1. The Bertz CT molecular complexity index is 1170. The fourth-order valence-corrected chi connectivity index (χ4v) is 4.50. The predicted molar refractivity (Wildman–Crippen MR) is 148 cm³/mol. The highest BCUT2D eigenvalue weighted by Gasteiger charge is 2.32. The van der Waals surface area contributed by atoms with Crippen LogP contribution in [0.4, 0.5) is 0 Å². The van der Waals surface area contributed by atoms with Crippen LogP contribution in [0.2, 0.25) is 0 Å². The number of para-hydroxylation sites is 1. The molecule has 0 fully saturated rings. The molecule has 0 saturated heterocycles. The normalized spacial score (nSPS) is 14.3. The first-order valence-corrected chi connectivity index (χ1v) is 14.0. The summed E-state index contributed by atoms with van der Waals surface area (Å²) in [7, 11) is 0. The number of benzene rings is 1. The van der Waals surface area contributed by atoms with E-state index in [1.807, 2.05) is 44.4 Å². The molecule has 0 aliphatic carbocycles. The number of thioether (sulfide) groups is 1. The Morgan fingerprint density at radius 2 is 1.56 bits per heavy atom. The molecule has 2 rings (SSSR count). The molecule has 8 N–H and O–H groups in total. The van der Waals surface area contributed by atoms with Gasteiger partial charge in [0.25, 0.3) is 0 Å². The van der Waals surface area contributed by atoms with Gasteiger partial charge in [-0.1, -0.05) is 32.0 Å². The van der Waals surface area contributed by atoms with E-state index in [0.29, 0.717) is 17.7 Å². The lowest BCUT2D eigenvalue weighted by molar-refractivity contribution is -0.147. The summed E-state index contributed by atoms with van der Waals surface area (Å²) in [6, 6.07) is 2.56. The van der Waals surface area contributed by atoms with Gasteiger partial charge in [0.1, 0.15) is 18.1 Å². The first kappa shape index (κ1) is 31.6. The highest BCUT2D eigenvalue weighted by atomic mass is 32.2. The van der Waals surface area contributed by atoms with Crippen molar-refractivity contribution >= 4 is 52.3 Å². The number of aromatic nitrogens is 1. The van der Waals surface area contributed by atoms with E-state index < -0.39 is 60.2 Å². The Morgan fingerprint density at radius 1 is 0.949 bits per heavy atom. The molecule has 2 aromatic rings. The minimum Gasteiger partial charge on any atom is -0.481 e. The summed E-state index contributed by atoms with van der Waals surface area (Å²) in [5.74, 6) is -4.24. The fourth-order valence-electron chi connectivity index (χ4n) is 4.01. The van der Waals surface area contributed by atoms with Crippen molar-refractivity contribution in [1.29, 1.82) is 0 Å². The summed E-state index contributed by atoms with van der Waals surface area (Å²) in [6.07, 6.45) is 3.41. The number of fused-ring (bicyclic) bond motifs is 1. The molecular weight excluding hydrogens is 526 g/mol. The summed E-state index contributed by atoms with van der Waals surface area (Å²) in [4.78, 5) is 65.0. The first-order valence-electron chi connectivity index (χ1n) is 12.6. The largest absolute Gasteiger partial charge is 0.481 e. The molecule has 4 atom stereocenters. The third kappa shape index (κ3) is 9.91. The van der Waals surface area contributed by atoms with Crippen LogP contribution in [-0.4, -0.2) is 81.0 Å². The van der Waals surface area contributed by atoms with Crippen LogP contribution in [0, 0.1) is 5.92 Å². The molecule has 39 heavy (non-hydrogen) atoms. The smallest absolute Gasteiger partial charge is 0.326 e. The highest BCUT2D eigenvalue weighted by molar-refractivity contribution is 7.98. The van der Waals surface area contributed by atoms with Crippen molar-refractivity contribution in [3.63, 3.8) is 0 Å². The second-order valence-electron chi connectivity index (χ2n) is 9.70. The zero-order chi connectivity index (χ0) is 29.1. The lowest BCUT2D eigenvalue weighted by atomic mass is 10.00. The lowest BCUT2D eigenvalue weighted by Gasteiger charge is -2.26. The first-order chi connectivity index (χ1) is 18.4. The van der Waals surface area contributed by atoms with Gasteiger partial charge in [-0.3, -0.25) is 19.2 Å². The summed E-state index contributed by atoms with van der Waals surface area (Å²) in [5.41, 5.74) is 7.45. The standard InChI is InChI=1S/C26H37N5O7S/c1-14(2)10-19(29-23(34)17(27)8-9-39-3)24(35)30-20(25(36)31-21(26(37)38)12-22(32)33)11-15-13-28-18-7-5-4-6-16(15)18/h4-7,13-14,17,19-21,28H,8-12,27H2,1-3H3,(H,29,34)(H,30,35)(H,31,36)(H,32,33)(H,37,38). The number of amides is 3. The Balaban J connectivity index is 2.31. The number of aromatic amines is 1. The van der Waals surface area contributed by atoms with E-state index >= 15 is 0 Å². The molecular formula is C26H37N5O7S. The molecule has 12 nitrogen and oxygen atoms in total. The van der Waals surface area contributed by atoms with E-state index in [-0.39, 0.29) is 18.8 Å². The maximum absolute atomic E-state index is 13.4. The van der Waals surface area contributed by atoms with Crippen molar-refractivity contribution in [3.05, 3.63) is 36.0 Å². The van der Waals surface area contributed by atoms with Crippen LogP contribution in [-0.2, 0) is 30.4 Å². The summed E-state index contributed by atoms with van der Waals surface area (Å²) in [6.45, 7) is 3.75. The summed E-state index contributed by atoms with van der Waals surface area (Å²) < 4.78 is 0. The van der Waals surface area contributed by atoms with Crippen molar-refractivity contribution in [2.75, 3.05) is 12.0 Å². The number of rotatable bonds is 16. The van der Waals surface area contributed by atoms with Gasteiger partial charge < -0.3 is 36.9 Å². The van der Waals surface area contributed by atoms with Crippen LogP contribution in [0.3, 0.4) is 0 Å². The molecule has 0 aliphatic rings. The van der Waals surface area contributed by atoms with Gasteiger partial charge in [-0.2, -0.15) is 11.8 Å². The van der Waals surface area contributed by atoms with E-state index in [4.69, 9.17) is 10.8 Å². The second kappa shape index (κ2) is 15.1. The Morgan fingerprint density at radius 3 is 2.18 bits per heavy atom. The second-order valence-corrected chi connectivity index (χ2v) is 10.7. The molecule has 1 heterocycles. The number of hydrogen-bond donors (Lipinski definition) is 7. The number of carboxylic acid groups (broad SMARTS) is 2. The molecule has 3 amide bonds. The highest BCUT2D eigenvalue weighted by Crippen LogP contribution is 2.19. The third-order valence-corrected chi connectivity index (χ3v) is 6.68. The molecule has 0 spiro atoms. The fraction of sp³-hybridized carbons (Fsp3) is 0.500. The molecule has 0 saturated carbocycles. The van der Waals surface area contributed by atoms with Gasteiger partial charge >= 0.3 is 11.9 Å². The van der Waals surface area contributed by atoms with Gasteiger partial charge in [-0.15, -0.1) is 0 Å². The molecule has 4 unspecified atom stereocenters. The van der Waals surface area contributed by atoms with Crippen LogP contribution in [0.15, 0.2) is 30.5 Å². The number of carbonyl (C=O) groups is 5. The van der Waals surface area contributed by atoms with E-state index in [1.54, 1.807) is 18.0 Å². The maximum Gasteiger partial charge on any atom is 0.326 e. The molecule has 0 bridgehead atoms. The van der Waals surface area contributed by atoms with E-state index in [0.717, 1.165) is 10.9 Å². The number of carbonyl (C=O) groups excluding carboxylic acids is 3. The van der Waals surface area contributed by atoms with E-state index in [9.17, 15) is 29.1 Å². The number of aliphatic carboxylic acids is 2. The van der Waals surface area contributed by atoms with Crippen LogP contribution in [0.1, 0.15) is 38.7 Å². The van der Waals surface area contributed by atoms with Crippen molar-refractivity contribution in [3.8, 4) is 0 Å². The average Bonchev–Trinajstić information content (AvgIpc) is 3.28. The average molecular weight is 564 g/mol. The Hall–Kier alpha value is -3.58. The van der Waals surface area contributed by atoms with Gasteiger partial charge in [-0.05, 0) is 42.4 Å². The minimum absolute atomic E-state index is 0.0105. The van der Waals surface area contributed by atoms with Crippen molar-refractivity contribution in [1.82, 2.24) is 20.9 Å². The number of nitrogens with one attached hydrogen (secondary N) is 4. The summed E-state index contributed by atoms with van der Waals surface area (Å²) >= 11 is 1.54. The number of hydrogen-bond acceptors (Lipinski definition) is 7. The molecule has 1 aromatic carbocycles. The third-order valence-electron chi connectivity index (χ3n) is 6.04. The van der Waals surface area contributed by atoms with Gasteiger partial charge in [0.2, 0.25) is 17.7 Å². The topological polar surface area (TPSA) is 204 Å². The van der Waals surface area contributed by atoms with Gasteiger partial charge in [0.15, 0.2) is 0 Å². The number of carboxylic acids is 2. The van der Waals surface area contributed by atoms with Crippen LogP contribution in [0.5, 0.6) is 0 Å². The quantitative estimate of drug-likeness (QED) is 0.154. The van der Waals surface area contributed by atoms with E-state index in [1.165, 1.54) is 0 Å². The van der Waals surface area contributed by atoms with Crippen LogP contribution >= 0.6 is 11.8 Å². The van der Waals surface area contributed by atoms with Crippen LogP contribution in [0.25, 0.3) is 10.9 Å². The number of nitrogens with two attached hydrogens (primary N) is 1. The molecule has 0 radical (unpaired) electrons. The molecule has 13 heteroatoms. The zero-order valence-corrected chi connectivity index (χ0v) is 23.0. The van der Waals surface area contributed by atoms with Gasteiger partial charge in [-0.25, -0.2) is 4.79 Å². The SMILES string of the molecule is CSCCC(N)C(=O)NC(CC(C)C)C(=O)NC(Cc1c[nH]c2ccccc12)C(=O)NC(CC(=O)O)C(=O)O. The maximum atomic E-state index is 13.4. The lowest BCUT2D eigenvalue weighted by Crippen LogP contribution is -2.58. The summed E-state index contributed by atoms with van der Waals surface area (Å²) in [5, 5.41) is 26.8. The zero-order valence-electron chi connectivity index (χ0n) is 22.2. The minimum atomic E-state index is -1.70. The van der Waals surface area contributed by atoms with Crippen molar-refractivity contribution < 1.29 is 34.2 Å². The van der Waals surface area contributed by atoms with Gasteiger partial charge in [0, 0.05) is 23.5 Å². The van der Waals surface area contributed by atoms with Crippen molar-refractivity contribution in [2.45, 2.75) is 63.7 Å². The predicted octanol–water partition coefficient (Wildman–Crippen LogP) is 0.851. The molecule has 214 valence electrons. The van der Waals surface area contributed by atoms with Gasteiger partial charge in [0.05, 0.1) is 12.5 Å². The van der Waals surface area contributed by atoms with Crippen LogP contribution < -0.4 is 21.7 Å².